The molecule has 82 valence electrons. The van der Waals surface area contributed by atoms with E-state index in [0.717, 1.165) is 19.3 Å². The van der Waals surface area contributed by atoms with Crippen LogP contribution in [0.15, 0.2) is 11.6 Å². The molecular weight excluding hydrogens is 180 g/mol. The molecule has 3 nitrogen and oxygen atoms in total. The van der Waals surface area contributed by atoms with Crippen molar-refractivity contribution in [1.29, 1.82) is 0 Å². The number of aliphatic hydroxyl groups is 1. The molecular formula is C11H20O3. The first-order valence-electron chi connectivity index (χ1n) is 5.13. The van der Waals surface area contributed by atoms with Gasteiger partial charge in [-0.05, 0) is 20.3 Å². The number of aliphatic hydroxyl groups excluding tert-OH is 1. The predicted octanol–water partition coefficient (Wildman–Crippen LogP) is 2.39. The lowest BCUT2D eigenvalue weighted by molar-refractivity contribution is -0.163. The molecule has 0 spiro atoms. The molecule has 0 saturated carbocycles. The van der Waals surface area contributed by atoms with Crippen LogP contribution in [0.2, 0.25) is 0 Å². The Kier molecular flexibility index (Phi) is 7.11. The molecule has 0 aliphatic rings. The summed E-state index contributed by atoms with van der Waals surface area (Å²) in [5.41, 5.74) is 0.527. The van der Waals surface area contributed by atoms with Crippen molar-refractivity contribution in [2.75, 3.05) is 0 Å². The average molecular weight is 200 g/mol. The highest BCUT2D eigenvalue weighted by Crippen LogP contribution is 2.06. The second-order valence-electron chi connectivity index (χ2n) is 3.33. The fourth-order valence-corrected chi connectivity index (χ4v) is 0.962. The maximum atomic E-state index is 11.2. The minimum atomic E-state index is -0.955. The summed E-state index contributed by atoms with van der Waals surface area (Å²) < 4.78 is 4.80. The van der Waals surface area contributed by atoms with Gasteiger partial charge in [0.2, 0.25) is 6.29 Å². The highest BCUT2D eigenvalue weighted by atomic mass is 16.6. The van der Waals surface area contributed by atoms with E-state index in [2.05, 4.69) is 6.92 Å². The van der Waals surface area contributed by atoms with Gasteiger partial charge in [0.1, 0.15) is 0 Å². The molecule has 0 saturated heterocycles. The number of carbonyl (C=O) groups excluding carboxylic acids is 1. The Morgan fingerprint density at radius 3 is 2.64 bits per heavy atom. The normalized spacial score (nSPS) is 13.9. The van der Waals surface area contributed by atoms with Gasteiger partial charge in [-0.15, -0.1) is 0 Å². The van der Waals surface area contributed by atoms with Crippen molar-refractivity contribution in [3.05, 3.63) is 11.6 Å². The number of rotatable bonds is 6. The summed E-state index contributed by atoms with van der Waals surface area (Å²) in [5.74, 6) is -0.434. The van der Waals surface area contributed by atoms with E-state index in [9.17, 15) is 9.90 Å². The molecule has 0 rings (SSSR count). The third kappa shape index (κ3) is 5.75. The van der Waals surface area contributed by atoms with E-state index in [1.54, 1.807) is 19.9 Å². The Morgan fingerprint density at radius 2 is 2.14 bits per heavy atom. The highest BCUT2D eigenvalue weighted by Gasteiger charge is 2.11. The van der Waals surface area contributed by atoms with Crippen LogP contribution < -0.4 is 0 Å². The third-order valence-electron chi connectivity index (χ3n) is 2.05. The van der Waals surface area contributed by atoms with E-state index in [-0.39, 0.29) is 0 Å². The van der Waals surface area contributed by atoms with Crippen LogP contribution in [0.25, 0.3) is 0 Å². The summed E-state index contributed by atoms with van der Waals surface area (Å²) in [6.07, 6.45) is 4.27. The van der Waals surface area contributed by atoms with E-state index in [4.69, 9.17) is 4.74 Å². The molecule has 1 atom stereocenters. The van der Waals surface area contributed by atoms with Crippen LogP contribution in [0.1, 0.15) is 46.5 Å². The smallest absolute Gasteiger partial charge is 0.335 e. The monoisotopic (exact) mass is 200 g/mol. The van der Waals surface area contributed by atoms with Crippen LogP contribution in [0.5, 0.6) is 0 Å². The molecule has 0 aliphatic heterocycles. The number of ether oxygens (including phenoxy) is 1. The quantitative estimate of drug-likeness (QED) is 0.310. The van der Waals surface area contributed by atoms with Crippen molar-refractivity contribution in [3.8, 4) is 0 Å². The average Bonchev–Trinajstić information content (AvgIpc) is 2.16. The maximum absolute atomic E-state index is 11.2. The number of esters is 1. The Labute approximate surface area is 85.8 Å². The van der Waals surface area contributed by atoms with Gasteiger partial charge in [-0.2, -0.15) is 0 Å². The van der Waals surface area contributed by atoms with Crippen LogP contribution in [0.3, 0.4) is 0 Å². The van der Waals surface area contributed by atoms with E-state index in [1.165, 1.54) is 0 Å². The molecule has 0 amide bonds. The molecule has 0 bridgehead atoms. The molecule has 0 aromatic rings. The second-order valence-corrected chi connectivity index (χ2v) is 3.33. The van der Waals surface area contributed by atoms with Gasteiger partial charge in [0.05, 0.1) is 0 Å². The van der Waals surface area contributed by atoms with Gasteiger partial charge in [0.25, 0.3) is 0 Å². The lowest BCUT2D eigenvalue weighted by Crippen LogP contribution is -2.18. The molecule has 14 heavy (non-hydrogen) atoms. The van der Waals surface area contributed by atoms with Crippen LogP contribution in [0.4, 0.5) is 0 Å². The fourth-order valence-electron chi connectivity index (χ4n) is 0.962. The van der Waals surface area contributed by atoms with Gasteiger partial charge in [-0.25, -0.2) is 4.79 Å². The van der Waals surface area contributed by atoms with Crippen molar-refractivity contribution < 1.29 is 14.6 Å². The van der Waals surface area contributed by atoms with Crippen molar-refractivity contribution >= 4 is 5.97 Å². The zero-order valence-electron chi connectivity index (χ0n) is 9.25. The summed E-state index contributed by atoms with van der Waals surface area (Å²) in [6, 6.07) is 0. The van der Waals surface area contributed by atoms with Crippen LogP contribution in [-0.4, -0.2) is 17.4 Å². The summed E-state index contributed by atoms with van der Waals surface area (Å²) in [7, 11) is 0. The van der Waals surface area contributed by atoms with E-state index in [0.29, 0.717) is 12.0 Å². The lowest BCUT2D eigenvalue weighted by atomic mass is 10.2. The number of allylic oxidation sites excluding steroid dienone is 1. The highest BCUT2D eigenvalue weighted by molar-refractivity contribution is 5.87. The minimum absolute atomic E-state index is 0.434. The first-order chi connectivity index (χ1) is 6.61. The second kappa shape index (κ2) is 7.56. The van der Waals surface area contributed by atoms with Crippen LogP contribution in [0, 0.1) is 0 Å². The SMILES string of the molecule is CC=C(C)C(=O)OC(O)CCCCC. The molecule has 0 aromatic carbocycles. The topological polar surface area (TPSA) is 46.5 Å². The minimum Gasteiger partial charge on any atom is -0.433 e. The van der Waals surface area contributed by atoms with Gasteiger partial charge >= 0.3 is 5.97 Å². The zero-order valence-corrected chi connectivity index (χ0v) is 9.25. The zero-order chi connectivity index (χ0) is 11.0. The summed E-state index contributed by atoms with van der Waals surface area (Å²) in [4.78, 5) is 11.2. The lowest BCUT2D eigenvalue weighted by Gasteiger charge is -2.11. The summed E-state index contributed by atoms with van der Waals surface area (Å²) in [6.45, 7) is 5.52. The molecule has 3 heteroatoms. The molecule has 0 radical (unpaired) electrons. The van der Waals surface area contributed by atoms with Gasteiger partial charge in [-0.1, -0.05) is 25.8 Å². The number of carbonyl (C=O) groups is 1. The first-order valence-corrected chi connectivity index (χ1v) is 5.13. The molecule has 0 fully saturated rings. The van der Waals surface area contributed by atoms with Crippen molar-refractivity contribution in [1.82, 2.24) is 0 Å². The van der Waals surface area contributed by atoms with E-state index in [1.807, 2.05) is 0 Å². The molecule has 0 heterocycles. The van der Waals surface area contributed by atoms with Crippen molar-refractivity contribution in [2.45, 2.75) is 52.7 Å². The van der Waals surface area contributed by atoms with E-state index >= 15 is 0 Å². The standard InChI is InChI=1S/C11H20O3/c1-4-6-7-8-10(12)14-11(13)9(3)5-2/h5,10,12H,4,6-8H2,1-3H3. The number of hydrogen-bond acceptors (Lipinski definition) is 3. The van der Waals surface area contributed by atoms with Crippen molar-refractivity contribution in [2.24, 2.45) is 0 Å². The largest absolute Gasteiger partial charge is 0.433 e. The Hall–Kier alpha value is -0.830. The Bertz CT molecular complexity index is 197. The first kappa shape index (κ1) is 13.2. The van der Waals surface area contributed by atoms with Crippen LogP contribution >= 0.6 is 0 Å². The van der Waals surface area contributed by atoms with Crippen LogP contribution in [-0.2, 0) is 9.53 Å². The third-order valence-corrected chi connectivity index (χ3v) is 2.05. The van der Waals surface area contributed by atoms with Gasteiger partial charge in [-0.3, -0.25) is 0 Å². The van der Waals surface area contributed by atoms with E-state index < -0.39 is 12.3 Å². The van der Waals surface area contributed by atoms with Gasteiger partial charge in [0.15, 0.2) is 0 Å². The summed E-state index contributed by atoms with van der Waals surface area (Å²) in [5, 5.41) is 9.32. The van der Waals surface area contributed by atoms with Gasteiger partial charge < -0.3 is 9.84 Å². The maximum Gasteiger partial charge on any atom is 0.335 e. The molecule has 1 N–H and O–H groups in total. The Morgan fingerprint density at radius 1 is 1.50 bits per heavy atom. The molecule has 1 unspecified atom stereocenters. The summed E-state index contributed by atoms with van der Waals surface area (Å²) >= 11 is 0. The van der Waals surface area contributed by atoms with Crippen molar-refractivity contribution in [3.63, 3.8) is 0 Å². The predicted molar refractivity (Wildman–Crippen MR) is 55.7 cm³/mol. The molecule has 0 aromatic heterocycles. The van der Waals surface area contributed by atoms with Gasteiger partial charge in [0, 0.05) is 12.0 Å². The number of hydrogen-bond donors (Lipinski definition) is 1. The Balaban J connectivity index is 3.71. The molecule has 0 aliphatic carbocycles. The fraction of sp³-hybridized carbons (Fsp3) is 0.727. The number of unbranched alkanes of at least 4 members (excludes halogenated alkanes) is 2.